The minimum absolute atomic E-state index is 0.282. The summed E-state index contributed by atoms with van der Waals surface area (Å²) in [6.07, 6.45) is 8.10. The molecule has 0 atom stereocenters. The number of likely N-dealkylation sites (tertiary alicyclic amines) is 1. The molecule has 2 N–H and O–H groups in total. The number of nitrogens with zero attached hydrogens (tertiary/aromatic N) is 5. The molecule has 3 aromatic rings. The average molecular weight is 458 g/mol. The van der Waals surface area contributed by atoms with E-state index in [4.69, 9.17) is 0 Å². The van der Waals surface area contributed by atoms with Gasteiger partial charge in [-0.05, 0) is 80.5 Å². The fraction of sp³-hybridized carbons (Fsp3) is 0.308. The summed E-state index contributed by atoms with van der Waals surface area (Å²) in [7, 11) is 3.84. The molecule has 0 aliphatic carbocycles. The average Bonchev–Trinajstić information content (AvgIpc) is 3.49. The van der Waals surface area contributed by atoms with Crippen LogP contribution in [-0.2, 0) is 0 Å². The number of anilines is 2. The summed E-state index contributed by atoms with van der Waals surface area (Å²) in [5, 5.41) is 10.9. The van der Waals surface area contributed by atoms with E-state index in [9.17, 15) is 4.79 Å². The van der Waals surface area contributed by atoms with Crippen LogP contribution in [0.4, 0.5) is 11.5 Å². The fourth-order valence-electron chi connectivity index (χ4n) is 4.15. The van der Waals surface area contributed by atoms with E-state index < -0.39 is 0 Å². The minimum Gasteiger partial charge on any atom is -0.363 e. The molecule has 8 heteroatoms. The second-order valence-electron chi connectivity index (χ2n) is 8.78. The van der Waals surface area contributed by atoms with Crippen molar-refractivity contribution in [3.8, 4) is 0 Å². The van der Waals surface area contributed by atoms with E-state index in [1.54, 1.807) is 6.20 Å². The van der Waals surface area contributed by atoms with E-state index >= 15 is 0 Å². The van der Waals surface area contributed by atoms with Crippen molar-refractivity contribution >= 4 is 40.6 Å². The zero-order valence-corrected chi connectivity index (χ0v) is 20.0. The van der Waals surface area contributed by atoms with Crippen LogP contribution in [0.3, 0.4) is 0 Å². The van der Waals surface area contributed by atoms with Crippen molar-refractivity contribution in [2.24, 2.45) is 4.99 Å². The Morgan fingerprint density at radius 1 is 1.26 bits per heavy atom. The van der Waals surface area contributed by atoms with Gasteiger partial charge in [0.15, 0.2) is 5.69 Å². The number of fused-ring (bicyclic) bond motifs is 1. The Labute approximate surface area is 200 Å². The summed E-state index contributed by atoms with van der Waals surface area (Å²) in [4.78, 5) is 25.6. The molecule has 8 nitrogen and oxygen atoms in total. The number of hydrogen-bond acceptors (Lipinski definition) is 6. The molecule has 4 rings (SSSR count). The lowest BCUT2D eigenvalue weighted by Gasteiger charge is -2.15. The minimum atomic E-state index is -0.282. The number of nitrogens with one attached hydrogen (secondary N) is 2. The molecular formula is C26H31N7O. The number of H-pyrrole nitrogens is 1. The predicted molar refractivity (Wildman–Crippen MR) is 140 cm³/mol. The summed E-state index contributed by atoms with van der Waals surface area (Å²) in [6, 6.07) is 9.68. The molecule has 0 radical (unpaired) electrons. The molecule has 1 fully saturated rings. The number of pyridine rings is 1. The van der Waals surface area contributed by atoms with Gasteiger partial charge in [0.25, 0.3) is 5.91 Å². The van der Waals surface area contributed by atoms with Crippen LogP contribution in [0.15, 0.2) is 59.4 Å². The van der Waals surface area contributed by atoms with Crippen molar-refractivity contribution in [2.45, 2.75) is 19.8 Å². The molecule has 1 aliphatic rings. The van der Waals surface area contributed by atoms with Crippen molar-refractivity contribution in [3.05, 3.63) is 65.6 Å². The van der Waals surface area contributed by atoms with Gasteiger partial charge in [-0.1, -0.05) is 12.1 Å². The van der Waals surface area contributed by atoms with Gasteiger partial charge in [-0.3, -0.25) is 19.8 Å². The first-order chi connectivity index (χ1) is 16.4. The quantitative estimate of drug-likeness (QED) is 0.388. The number of aliphatic imine (C=N–C) groups is 1. The molecule has 0 spiro atoms. The number of aromatic nitrogens is 3. The molecule has 0 bridgehead atoms. The van der Waals surface area contributed by atoms with Crippen LogP contribution in [0.5, 0.6) is 0 Å². The number of rotatable bonds is 8. The summed E-state index contributed by atoms with van der Waals surface area (Å²) in [5.41, 5.74) is 5.01. The predicted octanol–water partition coefficient (Wildman–Crippen LogP) is 4.36. The number of amides is 1. The Balaban J connectivity index is 1.56. The highest BCUT2D eigenvalue weighted by Crippen LogP contribution is 2.25. The molecule has 0 saturated carbocycles. The lowest BCUT2D eigenvalue weighted by molar-refractivity contribution is 0.102. The molecule has 1 amide bonds. The van der Waals surface area contributed by atoms with Crippen molar-refractivity contribution in [1.82, 2.24) is 20.1 Å². The first kappa shape index (κ1) is 23.4. The van der Waals surface area contributed by atoms with E-state index in [0.29, 0.717) is 11.4 Å². The monoisotopic (exact) mass is 457 g/mol. The number of carbonyl (C=O) groups excluding carboxylic acids is 1. The third kappa shape index (κ3) is 5.40. The lowest BCUT2D eigenvalue weighted by atomic mass is 10.0. The van der Waals surface area contributed by atoms with Crippen LogP contribution in [0.2, 0.25) is 0 Å². The Morgan fingerprint density at radius 3 is 2.74 bits per heavy atom. The SMILES string of the molecule is C=N/C=C(\C=C(/C)c1ccc2[nH]nc(C(=O)Nc3ccc(N(C)C)nc3)c2c1)CN1CCCC1. The van der Waals surface area contributed by atoms with Crippen LogP contribution in [-0.4, -0.2) is 66.4 Å². The van der Waals surface area contributed by atoms with Gasteiger partial charge in [0.1, 0.15) is 5.82 Å². The molecule has 3 heterocycles. The number of hydrogen-bond donors (Lipinski definition) is 2. The first-order valence-corrected chi connectivity index (χ1v) is 11.4. The highest BCUT2D eigenvalue weighted by Gasteiger charge is 2.16. The van der Waals surface area contributed by atoms with Crippen LogP contribution >= 0.6 is 0 Å². The van der Waals surface area contributed by atoms with Crippen LogP contribution in [0.1, 0.15) is 35.8 Å². The maximum absolute atomic E-state index is 13.0. The summed E-state index contributed by atoms with van der Waals surface area (Å²) >= 11 is 0. The highest BCUT2D eigenvalue weighted by molar-refractivity contribution is 6.11. The standard InChI is InChI=1S/C26H31N7O/c1-18(13-19(15-27-2)17-33-11-5-6-12-33)20-7-9-23-22(14-20)25(31-30-23)26(34)29-21-8-10-24(28-16-21)32(3)4/h7-10,13-16H,2,5-6,11-12,17H2,1,3-4H3,(H,29,34)(H,30,31)/b18-13+,19-15+. The molecule has 176 valence electrons. The number of aromatic amines is 1. The first-order valence-electron chi connectivity index (χ1n) is 11.4. The number of carbonyl (C=O) groups is 1. The van der Waals surface area contributed by atoms with Gasteiger partial charge in [-0.15, -0.1) is 0 Å². The summed E-state index contributed by atoms with van der Waals surface area (Å²) < 4.78 is 0. The third-order valence-corrected chi connectivity index (χ3v) is 5.96. The molecule has 1 aliphatic heterocycles. The normalized spacial score (nSPS) is 15.0. The maximum Gasteiger partial charge on any atom is 0.276 e. The van der Waals surface area contributed by atoms with Crippen LogP contribution in [0, 0.1) is 0 Å². The van der Waals surface area contributed by atoms with Gasteiger partial charge >= 0.3 is 0 Å². The van der Waals surface area contributed by atoms with E-state index in [1.165, 1.54) is 12.8 Å². The van der Waals surface area contributed by atoms with E-state index in [0.717, 1.165) is 53.1 Å². The number of allylic oxidation sites excluding steroid dienone is 1. The van der Waals surface area contributed by atoms with Gasteiger partial charge in [0.2, 0.25) is 0 Å². The van der Waals surface area contributed by atoms with Gasteiger partial charge < -0.3 is 10.2 Å². The van der Waals surface area contributed by atoms with Crippen molar-refractivity contribution < 1.29 is 4.79 Å². The molecule has 2 aromatic heterocycles. The van der Waals surface area contributed by atoms with Gasteiger partial charge in [0, 0.05) is 32.2 Å². The fourth-order valence-corrected chi connectivity index (χ4v) is 4.15. The van der Waals surface area contributed by atoms with Gasteiger partial charge in [-0.2, -0.15) is 5.10 Å². The maximum atomic E-state index is 13.0. The Hall–Kier alpha value is -3.78. The van der Waals surface area contributed by atoms with E-state index in [1.807, 2.05) is 55.5 Å². The Kier molecular flexibility index (Phi) is 7.18. The molecular weight excluding hydrogens is 426 g/mol. The molecule has 1 saturated heterocycles. The van der Waals surface area contributed by atoms with Crippen molar-refractivity contribution in [2.75, 3.05) is 43.9 Å². The highest BCUT2D eigenvalue weighted by atomic mass is 16.1. The number of benzene rings is 1. The smallest absolute Gasteiger partial charge is 0.276 e. The van der Waals surface area contributed by atoms with E-state index in [-0.39, 0.29) is 5.91 Å². The summed E-state index contributed by atoms with van der Waals surface area (Å²) in [5.74, 6) is 0.537. The molecule has 0 unspecified atom stereocenters. The largest absolute Gasteiger partial charge is 0.363 e. The Bertz CT molecular complexity index is 1230. The van der Waals surface area contributed by atoms with Gasteiger partial charge in [-0.25, -0.2) is 4.98 Å². The van der Waals surface area contributed by atoms with Crippen molar-refractivity contribution in [3.63, 3.8) is 0 Å². The van der Waals surface area contributed by atoms with Crippen LogP contribution in [0.25, 0.3) is 16.5 Å². The second-order valence-corrected chi connectivity index (χ2v) is 8.78. The lowest BCUT2D eigenvalue weighted by Crippen LogP contribution is -2.21. The van der Waals surface area contributed by atoms with Gasteiger partial charge in [0.05, 0.1) is 17.4 Å². The molecule has 1 aromatic carbocycles. The topological polar surface area (TPSA) is 89.5 Å². The Morgan fingerprint density at radius 2 is 2.06 bits per heavy atom. The second kappa shape index (κ2) is 10.4. The third-order valence-electron chi connectivity index (χ3n) is 5.96. The van der Waals surface area contributed by atoms with Crippen LogP contribution < -0.4 is 10.2 Å². The molecule has 34 heavy (non-hydrogen) atoms. The zero-order valence-electron chi connectivity index (χ0n) is 20.0. The zero-order chi connectivity index (χ0) is 24.1. The van der Waals surface area contributed by atoms with Crippen molar-refractivity contribution in [1.29, 1.82) is 0 Å². The summed E-state index contributed by atoms with van der Waals surface area (Å²) in [6.45, 7) is 8.80. The van der Waals surface area contributed by atoms with E-state index in [2.05, 4.69) is 50.1 Å².